The van der Waals surface area contributed by atoms with Gasteiger partial charge in [-0.25, -0.2) is 0 Å². The van der Waals surface area contributed by atoms with Gasteiger partial charge < -0.3 is 14.6 Å². The zero-order chi connectivity index (χ0) is 24.2. The quantitative estimate of drug-likeness (QED) is 0.178. The highest BCUT2D eigenvalue weighted by atomic mass is 16.5. The molecule has 4 nitrogen and oxygen atoms in total. The molecule has 1 N–H and O–H groups in total. The molecule has 4 heteroatoms. The molecule has 0 spiro atoms. The number of hydrogen-bond donors (Lipinski definition) is 1. The Labute approximate surface area is 205 Å². The number of aromatic amines is 1. The lowest BCUT2D eigenvalue weighted by Gasteiger charge is -2.21. The first-order chi connectivity index (χ1) is 16.7. The maximum Gasteiger partial charge on any atom is 0.195 e. The number of unbranched alkanes of at least 4 members (excludes halogenated alkanes) is 3. The molecule has 0 aliphatic rings. The van der Waals surface area contributed by atoms with Crippen molar-refractivity contribution in [2.75, 3.05) is 26.2 Å². The summed E-state index contributed by atoms with van der Waals surface area (Å²) >= 11 is 0. The van der Waals surface area contributed by atoms with Crippen molar-refractivity contribution in [3.8, 4) is 5.75 Å². The van der Waals surface area contributed by atoms with E-state index in [4.69, 9.17) is 4.74 Å². The predicted octanol–water partition coefficient (Wildman–Crippen LogP) is 7.41. The number of carbonyl (C=O) groups is 1. The predicted molar refractivity (Wildman–Crippen MR) is 143 cm³/mol. The van der Waals surface area contributed by atoms with Crippen molar-refractivity contribution in [3.05, 3.63) is 65.4 Å². The summed E-state index contributed by atoms with van der Waals surface area (Å²) in [6, 6.07) is 15.8. The van der Waals surface area contributed by atoms with Crippen LogP contribution in [0.25, 0.3) is 10.9 Å². The number of benzene rings is 2. The number of nitrogens with one attached hydrogen (secondary N) is 1. The SMILES string of the molecule is CCCCc1[nH]c2ccccc2c1C(=O)c1ccc(OCCCN(CCCC)CCCC)cc1. The van der Waals surface area contributed by atoms with Gasteiger partial charge in [0, 0.05) is 28.7 Å². The van der Waals surface area contributed by atoms with Gasteiger partial charge in [0.2, 0.25) is 0 Å². The molecule has 0 amide bonds. The Balaban J connectivity index is 1.60. The van der Waals surface area contributed by atoms with E-state index in [-0.39, 0.29) is 5.78 Å². The molecule has 0 unspecified atom stereocenters. The van der Waals surface area contributed by atoms with Gasteiger partial charge in [-0.1, -0.05) is 58.2 Å². The van der Waals surface area contributed by atoms with E-state index in [1.54, 1.807) is 0 Å². The highest BCUT2D eigenvalue weighted by molar-refractivity contribution is 6.17. The van der Waals surface area contributed by atoms with E-state index in [2.05, 4.69) is 30.7 Å². The first-order valence-corrected chi connectivity index (χ1v) is 13.3. The molecule has 1 heterocycles. The molecular weight excluding hydrogens is 420 g/mol. The van der Waals surface area contributed by atoms with Crippen LogP contribution in [0, 0.1) is 0 Å². The van der Waals surface area contributed by atoms with E-state index < -0.39 is 0 Å². The molecule has 0 atom stereocenters. The summed E-state index contributed by atoms with van der Waals surface area (Å²) < 4.78 is 5.99. The van der Waals surface area contributed by atoms with Gasteiger partial charge in [0.1, 0.15) is 5.75 Å². The summed E-state index contributed by atoms with van der Waals surface area (Å²) in [5, 5.41) is 1.01. The standard InChI is InChI=1S/C30H42N2O2/c1-4-7-14-28-29(26-13-10-11-15-27(26)31-28)30(33)24-16-18-25(19-17-24)34-23-12-22-32(20-8-5-2)21-9-6-3/h10-11,13,15-19,31H,4-9,12,14,20-23H2,1-3H3. The molecule has 3 rings (SSSR count). The Morgan fingerprint density at radius 2 is 1.47 bits per heavy atom. The number of carbonyl (C=O) groups excluding carboxylic acids is 1. The number of fused-ring (bicyclic) bond motifs is 1. The second-order valence-corrected chi connectivity index (χ2v) is 9.23. The summed E-state index contributed by atoms with van der Waals surface area (Å²) in [6.07, 6.45) is 9.07. The van der Waals surface area contributed by atoms with Crippen LogP contribution in [0.5, 0.6) is 5.75 Å². The van der Waals surface area contributed by atoms with E-state index in [9.17, 15) is 4.79 Å². The van der Waals surface area contributed by atoms with Crippen molar-refractivity contribution >= 4 is 16.7 Å². The van der Waals surface area contributed by atoms with Crippen LogP contribution in [0.1, 0.15) is 87.3 Å². The second-order valence-electron chi connectivity index (χ2n) is 9.23. The summed E-state index contributed by atoms with van der Waals surface area (Å²) in [5.74, 6) is 0.910. The number of ether oxygens (including phenoxy) is 1. The molecule has 1 aromatic heterocycles. The van der Waals surface area contributed by atoms with E-state index in [0.29, 0.717) is 12.2 Å². The molecule has 34 heavy (non-hydrogen) atoms. The van der Waals surface area contributed by atoms with E-state index in [1.165, 1.54) is 38.8 Å². The van der Waals surface area contributed by atoms with Crippen molar-refractivity contribution in [2.24, 2.45) is 0 Å². The van der Waals surface area contributed by atoms with Gasteiger partial charge >= 0.3 is 0 Å². The zero-order valence-corrected chi connectivity index (χ0v) is 21.4. The summed E-state index contributed by atoms with van der Waals surface area (Å²) in [4.78, 5) is 19.5. The minimum Gasteiger partial charge on any atom is -0.494 e. The third kappa shape index (κ3) is 7.20. The molecule has 0 saturated carbocycles. The zero-order valence-electron chi connectivity index (χ0n) is 21.4. The number of aromatic nitrogens is 1. The van der Waals surface area contributed by atoms with Crippen molar-refractivity contribution in [1.29, 1.82) is 0 Å². The molecule has 0 bridgehead atoms. The summed E-state index contributed by atoms with van der Waals surface area (Å²) in [5.41, 5.74) is 3.60. The number of para-hydroxylation sites is 1. The lowest BCUT2D eigenvalue weighted by molar-refractivity contribution is 0.103. The van der Waals surface area contributed by atoms with Crippen molar-refractivity contribution in [3.63, 3.8) is 0 Å². The van der Waals surface area contributed by atoms with Crippen molar-refractivity contribution in [1.82, 2.24) is 9.88 Å². The number of ketones is 1. The van der Waals surface area contributed by atoms with Crippen LogP contribution >= 0.6 is 0 Å². The average molecular weight is 463 g/mol. The van der Waals surface area contributed by atoms with Crippen LogP contribution in [0.2, 0.25) is 0 Å². The van der Waals surface area contributed by atoms with Crippen LogP contribution in [0.4, 0.5) is 0 Å². The first kappa shape index (κ1) is 26.0. The van der Waals surface area contributed by atoms with Crippen LogP contribution in [-0.4, -0.2) is 41.9 Å². The number of H-pyrrole nitrogens is 1. The van der Waals surface area contributed by atoms with Crippen LogP contribution < -0.4 is 4.74 Å². The molecule has 0 aliphatic carbocycles. The monoisotopic (exact) mass is 462 g/mol. The second kappa shape index (κ2) is 14.0. The highest BCUT2D eigenvalue weighted by Gasteiger charge is 2.19. The molecule has 3 aromatic rings. The maximum atomic E-state index is 13.5. The summed E-state index contributed by atoms with van der Waals surface area (Å²) in [7, 11) is 0. The topological polar surface area (TPSA) is 45.3 Å². The van der Waals surface area contributed by atoms with Gasteiger partial charge in [0.15, 0.2) is 5.78 Å². The van der Waals surface area contributed by atoms with Crippen LogP contribution in [0.3, 0.4) is 0 Å². The fourth-order valence-corrected chi connectivity index (χ4v) is 4.42. The molecule has 0 saturated heterocycles. The van der Waals surface area contributed by atoms with Crippen molar-refractivity contribution < 1.29 is 9.53 Å². The molecule has 0 aliphatic heterocycles. The largest absolute Gasteiger partial charge is 0.494 e. The van der Waals surface area contributed by atoms with Gasteiger partial charge in [-0.2, -0.15) is 0 Å². The van der Waals surface area contributed by atoms with Crippen LogP contribution in [0.15, 0.2) is 48.5 Å². The fourth-order valence-electron chi connectivity index (χ4n) is 4.42. The molecule has 184 valence electrons. The fraction of sp³-hybridized carbons (Fsp3) is 0.500. The Hall–Kier alpha value is -2.59. The third-order valence-electron chi connectivity index (χ3n) is 6.45. The molecule has 0 radical (unpaired) electrons. The highest BCUT2D eigenvalue weighted by Crippen LogP contribution is 2.27. The molecule has 2 aromatic carbocycles. The van der Waals surface area contributed by atoms with E-state index in [0.717, 1.165) is 60.1 Å². The van der Waals surface area contributed by atoms with E-state index >= 15 is 0 Å². The molecular formula is C30H42N2O2. The number of hydrogen-bond acceptors (Lipinski definition) is 3. The number of nitrogens with zero attached hydrogens (tertiary/aromatic N) is 1. The average Bonchev–Trinajstić information content (AvgIpc) is 3.24. The third-order valence-corrected chi connectivity index (χ3v) is 6.45. The maximum absolute atomic E-state index is 13.5. The van der Waals surface area contributed by atoms with Gasteiger partial charge in [-0.05, 0) is 75.5 Å². The van der Waals surface area contributed by atoms with Gasteiger partial charge in [-0.15, -0.1) is 0 Å². The Bertz CT molecular complexity index is 998. The Morgan fingerprint density at radius 1 is 0.824 bits per heavy atom. The van der Waals surface area contributed by atoms with Gasteiger partial charge in [0.25, 0.3) is 0 Å². The Morgan fingerprint density at radius 3 is 2.15 bits per heavy atom. The van der Waals surface area contributed by atoms with Crippen molar-refractivity contribution in [2.45, 2.75) is 72.1 Å². The molecule has 0 fully saturated rings. The van der Waals surface area contributed by atoms with Gasteiger partial charge in [-0.3, -0.25) is 4.79 Å². The smallest absolute Gasteiger partial charge is 0.195 e. The minimum atomic E-state index is 0.0811. The first-order valence-electron chi connectivity index (χ1n) is 13.3. The summed E-state index contributed by atoms with van der Waals surface area (Å²) in [6.45, 7) is 10.8. The lowest BCUT2D eigenvalue weighted by Crippen LogP contribution is -2.28. The van der Waals surface area contributed by atoms with Gasteiger partial charge in [0.05, 0.1) is 12.2 Å². The number of aryl methyl sites for hydroxylation is 1. The Kier molecular flexibility index (Phi) is 10.7. The normalized spacial score (nSPS) is 11.4. The van der Waals surface area contributed by atoms with Crippen LogP contribution in [-0.2, 0) is 6.42 Å². The van der Waals surface area contributed by atoms with E-state index in [1.807, 2.05) is 48.5 Å². The lowest BCUT2D eigenvalue weighted by atomic mass is 9.98. The minimum absolute atomic E-state index is 0.0811. The number of rotatable bonds is 16.